The van der Waals surface area contributed by atoms with E-state index in [9.17, 15) is 4.79 Å². The third-order valence-electron chi connectivity index (χ3n) is 4.22. The van der Waals surface area contributed by atoms with Crippen LogP contribution in [0.3, 0.4) is 0 Å². The van der Waals surface area contributed by atoms with E-state index < -0.39 is 0 Å². The fraction of sp³-hybridized carbons (Fsp3) is 0.933. The summed E-state index contributed by atoms with van der Waals surface area (Å²) in [5.74, 6) is 0.111. The molecule has 0 aromatic carbocycles. The third kappa shape index (κ3) is 5.38. The van der Waals surface area contributed by atoms with Crippen LogP contribution in [0.4, 0.5) is 0 Å². The van der Waals surface area contributed by atoms with Crippen LogP contribution in [-0.4, -0.2) is 66.6 Å². The highest BCUT2D eigenvalue weighted by molar-refractivity contribution is 5.76. The number of hydrogen-bond acceptors (Lipinski definition) is 4. The van der Waals surface area contributed by atoms with Crippen molar-refractivity contribution in [1.82, 2.24) is 15.1 Å². The van der Waals surface area contributed by atoms with E-state index in [0.717, 1.165) is 26.2 Å². The number of hydrogen-bond donors (Lipinski definition) is 2. The number of carbonyl (C=O) groups excluding carboxylic acids is 1. The lowest BCUT2D eigenvalue weighted by atomic mass is 10.1. The van der Waals surface area contributed by atoms with Crippen LogP contribution in [0.25, 0.3) is 0 Å². The molecule has 1 aliphatic rings. The fourth-order valence-electron chi connectivity index (χ4n) is 2.76. The molecule has 1 heterocycles. The molecule has 1 fully saturated rings. The first kappa shape index (κ1) is 17.4. The number of rotatable bonds is 7. The van der Waals surface area contributed by atoms with Gasteiger partial charge in [0.15, 0.2) is 0 Å². The average Bonchev–Trinajstić information content (AvgIpc) is 2.43. The lowest BCUT2D eigenvalue weighted by Gasteiger charge is -2.41. The van der Waals surface area contributed by atoms with Gasteiger partial charge < -0.3 is 11.1 Å². The van der Waals surface area contributed by atoms with Gasteiger partial charge in [0.2, 0.25) is 5.91 Å². The molecule has 118 valence electrons. The van der Waals surface area contributed by atoms with Gasteiger partial charge in [0, 0.05) is 57.3 Å². The minimum absolute atomic E-state index is 0.111. The van der Waals surface area contributed by atoms with Gasteiger partial charge in [0.05, 0.1) is 0 Å². The van der Waals surface area contributed by atoms with Crippen molar-refractivity contribution in [2.45, 2.75) is 58.7 Å². The molecular formula is C15H32N4O. The number of piperazine rings is 1. The topological polar surface area (TPSA) is 61.6 Å². The molecule has 1 amide bonds. The molecule has 0 radical (unpaired) electrons. The summed E-state index contributed by atoms with van der Waals surface area (Å²) in [6, 6.07) is 1.02. The Balaban J connectivity index is 2.42. The van der Waals surface area contributed by atoms with E-state index in [1.165, 1.54) is 6.42 Å². The fourth-order valence-corrected chi connectivity index (χ4v) is 2.76. The van der Waals surface area contributed by atoms with Crippen molar-refractivity contribution in [3.8, 4) is 0 Å². The number of carbonyl (C=O) groups is 1. The normalized spacial score (nSPS) is 20.9. The van der Waals surface area contributed by atoms with Crippen molar-refractivity contribution >= 4 is 5.91 Å². The van der Waals surface area contributed by atoms with E-state index >= 15 is 0 Å². The van der Waals surface area contributed by atoms with E-state index in [-0.39, 0.29) is 18.0 Å². The van der Waals surface area contributed by atoms with Crippen molar-refractivity contribution in [2.24, 2.45) is 5.73 Å². The smallest absolute Gasteiger partial charge is 0.221 e. The minimum atomic E-state index is 0.111. The first-order valence-corrected chi connectivity index (χ1v) is 7.95. The van der Waals surface area contributed by atoms with Gasteiger partial charge in [-0.1, -0.05) is 6.92 Å². The molecule has 1 aliphatic heterocycles. The summed E-state index contributed by atoms with van der Waals surface area (Å²) in [7, 11) is 0. The molecule has 0 spiro atoms. The quantitative estimate of drug-likeness (QED) is 0.720. The second-order valence-corrected chi connectivity index (χ2v) is 6.15. The Hall–Kier alpha value is -0.650. The maximum absolute atomic E-state index is 11.9. The summed E-state index contributed by atoms with van der Waals surface area (Å²) in [4.78, 5) is 16.8. The summed E-state index contributed by atoms with van der Waals surface area (Å²) in [6.45, 7) is 13.2. The molecule has 3 N–H and O–H groups in total. The zero-order chi connectivity index (χ0) is 15.1. The van der Waals surface area contributed by atoms with Crippen LogP contribution in [0.5, 0.6) is 0 Å². The van der Waals surface area contributed by atoms with E-state index in [1.54, 1.807) is 0 Å². The molecule has 0 aromatic heterocycles. The highest BCUT2D eigenvalue weighted by atomic mass is 16.1. The minimum Gasteiger partial charge on any atom is -0.354 e. The van der Waals surface area contributed by atoms with Gasteiger partial charge in [-0.3, -0.25) is 14.6 Å². The standard InChI is InChI=1S/C15H32N4O/c1-5-13(4)18-6-8-19(9-7-18)14(11-16)10-15(20)17-12(2)3/h12-14H,5-11,16H2,1-4H3,(H,17,20). The van der Waals surface area contributed by atoms with Gasteiger partial charge in [-0.2, -0.15) is 0 Å². The lowest BCUT2D eigenvalue weighted by molar-refractivity contribution is -0.123. The number of nitrogens with one attached hydrogen (secondary N) is 1. The Labute approximate surface area is 123 Å². The monoisotopic (exact) mass is 284 g/mol. The van der Waals surface area contributed by atoms with Crippen LogP contribution >= 0.6 is 0 Å². The Morgan fingerprint density at radius 3 is 2.15 bits per heavy atom. The molecule has 20 heavy (non-hydrogen) atoms. The summed E-state index contributed by atoms with van der Waals surface area (Å²) in [6.07, 6.45) is 1.70. The van der Waals surface area contributed by atoms with Crippen molar-refractivity contribution in [3.05, 3.63) is 0 Å². The molecule has 2 unspecified atom stereocenters. The highest BCUT2D eigenvalue weighted by Crippen LogP contribution is 2.12. The second-order valence-electron chi connectivity index (χ2n) is 6.15. The zero-order valence-electron chi connectivity index (χ0n) is 13.6. The van der Waals surface area contributed by atoms with Crippen LogP contribution in [0.15, 0.2) is 0 Å². The lowest BCUT2D eigenvalue weighted by Crippen LogP contribution is -2.55. The summed E-state index contributed by atoms with van der Waals surface area (Å²) in [5.41, 5.74) is 5.87. The number of amides is 1. The van der Waals surface area contributed by atoms with Crippen LogP contribution in [0.2, 0.25) is 0 Å². The molecule has 5 heteroatoms. The molecule has 0 saturated carbocycles. The molecule has 1 rings (SSSR count). The molecule has 5 nitrogen and oxygen atoms in total. The zero-order valence-corrected chi connectivity index (χ0v) is 13.6. The maximum Gasteiger partial charge on any atom is 0.221 e. The van der Waals surface area contributed by atoms with E-state index in [0.29, 0.717) is 19.0 Å². The van der Waals surface area contributed by atoms with Gasteiger partial charge in [-0.15, -0.1) is 0 Å². The van der Waals surface area contributed by atoms with Crippen molar-refractivity contribution in [3.63, 3.8) is 0 Å². The Bertz CT molecular complexity index is 288. The predicted molar refractivity (Wildman–Crippen MR) is 83.6 cm³/mol. The predicted octanol–water partition coefficient (Wildman–Crippen LogP) is 0.645. The molecule has 0 aromatic rings. The Morgan fingerprint density at radius 1 is 1.15 bits per heavy atom. The summed E-state index contributed by atoms with van der Waals surface area (Å²) >= 11 is 0. The van der Waals surface area contributed by atoms with Gasteiger partial charge in [0.1, 0.15) is 0 Å². The van der Waals surface area contributed by atoms with Crippen molar-refractivity contribution in [1.29, 1.82) is 0 Å². The Kier molecular flexibility index (Phi) is 7.48. The van der Waals surface area contributed by atoms with Gasteiger partial charge in [-0.05, 0) is 27.2 Å². The average molecular weight is 284 g/mol. The third-order valence-corrected chi connectivity index (χ3v) is 4.22. The number of nitrogens with two attached hydrogens (primary N) is 1. The van der Waals surface area contributed by atoms with E-state index in [1.807, 2.05) is 13.8 Å². The van der Waals surface area contributed by atoms with Crippen LogP contribution in [0.1, 0.15) is 40.5 Å². The molecule has 0 bridgehead atoms. The number of nitrogens with zero attached hydrogens (tertiary/aromatic N) is 2. The first-order chi connectivity index (χ1) is 9.47. The molecule has 0 aliphatic carbocycles. The second kappa shape index (κ2) is 8.60. The summed E-state index contributed by atoms with van der Waals surface area (Å²) in [5, 5.41) is 2.95. The molecule has 1 saturated heterocycles. The van der Waals surface area contributed by atoms with Crippen molar-refractivity contribution in [2.75, 3.05) is 32.7 Å². The molecule has 2 atom stereocenters. The SMILES string of the molecule is CCC(C)N1CCN(C(CN)CC(=O)NC(C)C)CC1. The van der Waals surface area contributed by atoms with Gasteiger partial charge >= 0.3 is 0 Å². The van der Waals surface area contributed by atoms with Crippen molar-refractivity contribution < 1.29 is 4.79 Å². The van der Waals surface area contributed by atoms with Crippen LogP contribution < -0.4 is 11.1 Å². The van der Waals surface area contributed by atoms with Crippen LogP contribution in [0, 0.1) is 0 Å². The van der Waals surface area contributed by atoms with E-state index in [4.69, 9.17) is 5.73 Å². The Morgan fingerprint density at radius 2 is 1.70 bits per heavy atom. The van der Waals surface area contributed by atoms with Crippen LogP contribution in [-0.2, 0) is 4.79 Å². The van der Waals surface area contributed by atoms with E-state index in [2.05, 4.69) is 29.0 Å². The van der Waals surface area contributed by atoms with Gasteiger partial charge in [0.25, 0.3) is 0 Å². The molecular weight excluding hydrogens is 252 g/mol. The largest absolute Gasteiger partial charge is 0.354 e. The van der Waals surface area contributed by atoms with Gasteiger partial charge in [-0.25, -0.2) is 0 Å². The highest BCUT2D eigenvalue weighted by Gasteiger charge is 2.26. The first-order valence-electron chi connectivity index (χ1n) is 7.95. The summed E-state index contributed by atoms with van der Waals surface area (Å²) < 4.78 is 0. The maximum atomic E-state index is 11.9.